The Bertz CT molecular complexity index is 703. The van der Waals surface area contributed by atoms with Crippen molar-refractivity contribution in [1.82, 2.24) is 25.1 Å². The van der Waals surface area contributed by atoms with Crippen molar-refractivity contribution in [3.8, 4) is 0 Å². The molecule has 23 heavy (non-hydrogen) atoms. The monoisotopic (exact) mass is 320 g/mol. The molecule has 0 saturated carbocycles. The van der Waals surface area contributed by atoms with Gasteiger partial charge >= 0.3 is 0 Å². The summed E-state index contributed by atoms with van der Waals surface area (Å²) in [7, 11) is 1.81. The van der Waals surface area contributed by atoms with Crippen LogP contribution in [0.2, 0.25) is 0 Å². The Balaban J connectivity index is 1.78. The molecule has 1 N–H and O–H groups in total. The average Bonchev–Trinajstić information content (AvgIpc) is 3.11. The van der Waals surface area contributed by atoms with E-state index >= 15 is 0 Å². The van der Waals surface area contributed by atoms with Crippen LogP contribution in [0, 0.1) is 26.6 Å². The third-order valence-electron chi connectivity index (χ3n) is 4.08. The first-order chi connectivity index (χ1) is 11.0. The maximum Gasteiger partial charge on any atom is 0.186 e. The molecule has 3 rings (SSSR count). The molecule has 124 valence electrons. The number of likely N-dealkylation sites (N-methyl/N-ethyl adjacent to an activating group) is 1. The van der Waals surface area contributed by atoms with Crippen molar-refractivity contribution in [3.05, 3.63) is 29.0 Å². The van der Waals surface area contributed by atoms with Gasteiger partial charge in [-0.3, -0.25) is 5.10 Å². The number of halogens is 1. The molecule has 1 aliphatic heterocycles. The zero-order valence-corrected chi connectivity index (χ0v) is 13.8. The van der Waals surface area contributed by atoms with Gasteiger partial charge in [-0.05, 0) is 27.2 Å². The van der Waals surface area contributed by atoms with Crippen LogP contribution in [0.4, 0.5) is 10.2 Å². The lowest BCUT2D eigenvalue weighted by Crippen LogP contribution is -2.33. The molecule has 3 heterocycles. The highest BCUT2D eigenvalue weighted by molar-refractivity contribution is 5.41. The third kappa shape index (κ3) is 3.17. The molecule has 8 heteroatoms. The van der Waals surface area contributed by atoms with Crippen LogP contribution in [0.3, 0.4) is 0 Å². The normalized spacial score (nSPS) is 20.9. The van der Waals surface area contributed by atoms with Gasteiger partial charge in [0, 0.05) is 20.2 Å². The molecular weight excluding hydrogens is 299 g/mol. The summed E-state index contributed by atoms with van der Waals surface area (Å²) in [6.07, 6.45) is 0.769. The topological polar surface area (TPSA) is 79.8 Å². The van der Waals surface area contributed by atoms with Crippen LogP contribution in [0.15, 0.2) is 0 Å². The SMILES string of the molecule is Cc1nc(C)c(F)c(N(C)C[C@H]2OCC[C@H]2c2n[nH]c(C)n2)n1. The fourth-order valence-corrected chi connectivity index (χ4v) is 2.94. The number of ether oxygens (including phenoxy) is 1. The number of aryl methyl sites for hydroxylation is 3. The Kier molecular flexibility index (Phi) is 4.25. The maximum atomic E-state index is 14.3. The quantitative estimate of drug-likeness (QED) is 0.923. The molecule has 0 unspecified atom stereocenters. The zero-order chi connectivity index (χ0) is 16.6. The number of aromatic amines is 1. The Morgan fingerprint density at radius 2 is 2.04 bits per heavy atom. The summed E-state index contributed by atoms with van der Waals surface area (Å²) >= 11 is 0. The second-order valence-electron chi connectivity index (χ2n) is 5.96. The molecule has 0 spiro atoms. The molecular formula is C15H21FN6O. The molecule has 0 bridgehead atoms. The first-order valence-electron chi connectivity index (χ1n) is 7.68. The Hall–Kier alpha value is -2.09. The van der Waals surface area contributed by atoms with Crippen molar-refractivity contribution in [2.75, 3.05) is 25.1 Å². The van der Waals surface area contributed by atoms with Crippen LogP contribution in [0.25, 0.3) is 0 Å². The molecule has 0 aromatic carbocycles. The highest BCUT2D eigenvalue weighted by atomic mass is 19.1. The minimum absolute atomic E-state index is 0.0924. The predicted octanol–water partition coefficient (Wildman–Crippen LogP) is 1.67. The minimum atomic E-state index is -0.388. The van der Waals surface area contributed by atoms with E-state index in [0.29, 0.717) is 30.5 Å². The highest BCUT2D eigenvalue weighted by Crippen LogP contribution is 2.30. The largest absolute Gasteiger partial charge is 0.376 e. The summed E-state index contributed by atoms with van der Waals surface area (Å²) in [5.41, 5.74) is 0.354. The molecule has 7 nitrogen and oxygen atoms in total. The number of nitrogens with one attached hydrogen (secondary N) is 1. The van der Waals surface area contributed by atoms with Gasteiger partial charge in [-0.15, -0.1) is 0 Å². The van der Waals surface area contributed by atoms with E-state index < -0.39 is 0 Å². The lowest BCUT2D eigenvalue weighted by atomic mass is 10.0. The lowest BCUT2D eigenvalue weighted by Gasteiger charge is -2.25. The number of H-pyrrole nitrogens is 1. The molecule has 2 atom stereocenters. The molecule has 2 aromatic rings. The van der Waals surface area contributed by atoms with Gasteiger partial charge in [0.2, 0.25) is 0 Å². The van der Waals surface area contributed by atoms with Gasteiger partial charge < -0.3 is 9.64 Å². The van der Waals surface area contributed by atoms with E-state index in [0.717, 1.165) is 18.1 Å². The van der Waals surface area contributed by atoms with Crippen LogP contribution in [0.1, 0.15) is 35.5 Å². The van der Waals surface area contributed by atoms with Crippen molar-refractivity contribution in [2.45, 2.75) is 39.2 Å². The van der Waals surface area contributed by atoms with Gasteiger partial charge in [0.15, 0.2) is 17.5 Å². The summed E-state index contributed by atoms with van der Waals surface area (Å²) in [6, 6.07) is 0. The summed E-state index contributed by atoms with van der Waals surface area (Å²) in [4.78, 5) is 14.5. The van der Waals surface area contributed by atoms with Crippen molar-refractivity contribution in [1.29, 1.82) is 0 Å². The lowest BCUT2D eigenvalue weighted by molar-refractivity contribution is 0.108. The summed E-state index contributed by atoms with van der Waals surface area (Å²) in [5, 5.41) is 7.10. The van der Waals surface area contributed by atoms with E-state index in [1.807, 2.05) is 14.0 Å². The fourth-order valence-electron chi connectivity index (χ4n) is 2.94. The first-order valence-corrected chi connectivity index (χ1v) is 7.68. The number of anilines is 1. The van der Waals surface area contributed by atoms with E-state index in [2.05, 4.69) is 25.1 Å². The number of nitrogens with zero attached hydrogens (tertiary/aromatic N) is 5. The standard InChI is InChI=1S/C15H21FN6O/c1-8-13(16)15(19-9(2)17-8)22(4)7-12-11(5-6-23-12)14-18-10(3)20-21-14/h11-12H,5-7H2,1-4H3,(H,18,20,21)/t11-,12-/m1/s1. The van der Waals surface area contributed by atoms with Crippen molar-refractivity contribution >= 4 is 5.82 Å². The molecule has 1 aliphatic rings. The second-order valence-corrected chi connectivity index (χ2v) is 5.96. The average molecular weight is 320 g/mol. The van der Waals surface area contributed by atoms with Gasteiger partial charge in [0.25, 0.3) is 0 Å². The van der Waals surface area contributed by atoms with E-state index in [1.54, 1.807) is 18.7 Å². The first kappa shape index (κ1) is 15.8. The van der Waals surface area contributed by atoms with Crippen molar-refractivity contribution < 1.29 is 9.13 Å². The minimum Gasteiger partial charge on any atom is -0.376 e. The maximum absolute atomic E-state index is 14.3. The van der Waals surface area contributed by atoms with Crippen LogP contribution in [0.5, 0.6) is 0 Å². The van der Waals surface area contributed by atoms with Crippen molar-refractivity contribution in [2.24, 2.45) is 0 Å². The predicted molar refractivity (Wildman–Crippen MR) is 83.0 cm³/mol. The number of rotatable bonds is 4. The molecule has 2 aromatic heterocycles. The highest BCUT2D eigenvalue weighted by Gasteiger charge is 2.34. The fraction of sp³-hybridized carbons (Fsp3) is 0.600. The molecule has 0 aliphatic carbocycles. The van der Waals surface area contributed by atoms with Crippen LogP contribution >= 0.6 is 0 Å². The van der Waals surface area contributed by atoms with E-state index in [9.17, 15) is 4.39 Å². The molecule has 0 amide bonds. The Morgan fingerprint density at radius 3 is 2.74 bits per heavy atom. The third-order valence-corrected chi connectivity index (χ3v) is 4.08. The number of aromatic nitrogens is 5. The van der Waals surface area contributed by atoms with E-state index in [1.165, 1.54) is 0 Å². The van der Waals surface area contributed by atoms with Gasteiger partial charge in [-0.1, -0.05) is 0 Å². The molecule has 1 fully saturated rings. The second kappa shape index (κ2) is 6.19. The summed E-state index contributed by atoms with van der Waals surface area (Å²) in [6.45, 7) is 6.45. The molecule has 0 radical (unpaired) electrons. The van der Waals surface area contributed by atoms with Gasteiger partial charge in [0.1, 0.15) is 11.6 Å². The summed E-state index contributed by atoms with van der Waals surface area (Å²) in [5.74, 6) is 2.12. The van der Waals surface area contributed by atoms with E-state index in [4.69, 9.17) is 4.74 Å². The van der Waals surface area contributed by atoms with Crippen LogP contribution < -0.4 is 4.90 Å². The summed E-state index contributed by atoms with van der Waals surface area (Å²) < 4.78 is 20.1. The number of hydrogen-bond acceptors (Lipinski definition) is 6. The molecule has 1 saturated heterocycles. The van der Waals surface area contributed by atoms with Crippen LogP contribution in [-0.2, 0) is 4.74 Å². The number of hydrogen-bond donors (Lipinski definition) is 1. The van der Waals surface area contributed by atoms with Gasteiger partial charge in [-0.2, -0.15) is 5.10 Å². The van der Waals surface area contributed by atoms with Gasteiger partial charge in [-0.25, -0.2) is 19.3 Å². The Labute approximate surface area is 134 Å². The zero-order valence-electron chi connectivity index (χ0n) is 13.8. The van der Waals surface area contributed by atoms with E-state index in [-0.39, 0.29) is 17.8 Å². The van der Waals surface area contributed by atoms with Crippen LogP contribution in [-0.4, -0.2) is 51.5 Å². The van der Waals surface area contributed by atoms with Gasteiger partial charge in [0.05, 0.1) is 17.7 Å². The van der Waals surface area contributed by atoms with Crippen molar-refractivity contribution in [3.63, 3.8) is 0 Å². The Morgan fingerprint density at radius 1 is 1.26 bits per heavy atom. The smallest absolute Gasteiger partial charge is 0.186 e.